The van der Waals surface area contributed by atoms with Gasteiger partial charge < -0.3 is 14.7 Å². The summed E-state index contributed by atoms with van der Waals surface area (Å²) >= 11 is 0. The first-order valence-electron chi connectivity index (χ1n) is 6.64. The Morgan fingerprint density at radius 3 is 2.47 bits per heavy atom. The molecule has 0 rings (SSSR count). The van der Waals surface area contributed by atoms with Gasteiger partial charge in [0.2, 0.25) is 0 Å². The Morgan fingerprint density at radius 1 is 1.29 bits per heavy atom. The maximum Gasteiger partial charge on any atom is 0.307 e. The largest absolute Gasteiger partial charge is 0.481 e. The fourth-order valence-electron chi connectivity index (χ4n) is 1.58. The highest BCUT2D eigenvalue weighted by atomic mass is 16.5. The molecule has 0 saturated carbocycles. The first-order valence-corrected chi connectivity index (χ1v) is 6.64. The predicted molar refractivity (Wildman–Crippen MR) is 69.3 cm³/mol. The second-order valence-corrected chi connectivity index (χ2v) is 4.45. The third-order valence-electron chi connectivity index (χ3n) is 2.81. The van der Waals surface area contributed by atoms with Crippen molar-refractivity contribution in [3.8, 4) is 0 Å². The van der Waals surface area contributed by atoms with E-state index in [1.165, 1.54) is 0 Å². The quantitative estimate of drug-likeness (QED) is 0.567. The van der Waals surface area contributed by atoms with Gasteiger partial charge in [-0.15, -0.1) is 0 Å². The zero-order chi connectivity index (χ0) is 13.1. The molecular formula is C13H27NO3. The summed E-state index contributed by atoms with van der Waals surface area (Å²) in [6.45, 7) is 10.0. The van der Waals surface area contributed by atoms with Crippen LogP contribution in [0.5, 0.6) is 0 Å². The van der Waals surface area contributed by atoms with Gasteiger partial charge in [0.25, 0.3) is 0 Å². The molecule has 0 spiro atoms. The molecule has 4 nitrogen and oxygen atoms in total. The Morgan fingerprint density at radius 2 is 1.94 bits per heavy atom. The maximum atomic E-state index is 10.7. The maximum absolute atomic E-state index is 10.7. The summed E-state index contributed by atoms with van der Waals surface area (Å²) in [7, 11) is 0. The molecule has 1 unspecified atom stereocenters. The summed E-state index contributed by atoms with van der Waals surface area (Å²) in [5.41, 5.74) is 0. The molecule has 4 heteroatoms. The average molecular weight is 245 g/mol. The van der Waals surface area contributed by atoms with E-state index in [0.717, 1.165) is 45.6 Å². The first-order chi connectivity index (χ1) is 8.11. The molecule has 0 heterocycles. The summed E-state index contributed by atoms with van der Waals surface area (Å²) in [6.07, 6.45) is 3.26. The van der Waals surface area contributed by atoms with Crippen LogP contribution in [0.1, 0.15) is 40.0 Å². The molecule has 1 atom stereocenters. The lowest BCUT2D eigenvalue weighted by atomic mass is 10.1. The summed E-state index contributed by atoms with van der Waals surface area (Å²) in [6, 6.07) is 0. The standard InChI is InChI=1S/C13H27NO3/c1-4-6-9-17-10-7-8-14(5-2)11-12(3)13(15)16/h12H,4-11H2,1-3H3,(H,15,16). The molecule has 1 N–H and O–H groups in total. The second kappa shape index (κ2) is 10.5. The monoisotopic (exact) mass is 245 g/mol. The number of carbonyl (C=O) groups is 1. The van der Waals surface area contributed by atoms with E-state index in [9.17, 15) is 4.79 Å². The normalized spacial score (nSPS) is 12.9. The minimum atomic E-state index is -0.720. The molecule has 17 heavy (non-hydrogen) atoms. The van der Waals surface area contributed by atoms with Crippen LogP contribution >= 0.6 is 0 Å². The van der Waals surface area contributed by atoms with Gasteiger partial charge in [0.05, 0.1) is 5.92 Å². The second-order valence-electron chi connectivity index (χ2n) is 4.45. The molecule has 0 aromatic heterocycles. The molecule has 0 amide bonds. The van der Waals surface area contributed by atoms with Crippen molar-refractivity contribution in [1.29, 1.82) is 0 Å². The van der Waals surface area contributed by atoms with Crippen LogP contribution in [0, 0.1) is 5.92 Å². The fraction of sp³-hybridized carbons (Fsp3) is 0.923. The van der Waals surface area contributed by atoms with Crippen LogP contribution in [0.4, 0.5) is 0 Å². The third kappa shape index (κ3) is 9.12. The van der Waals surface area contributed by atoms with E-state index in [0.29, 0.717) is 6.54 Å². The average Bonchev–Trinajstić information content (AvgIpc) is 2.31. The van der Waals surface area contributed by atoms with Crippen LogP contribution in [0.2, 0.25) is 0 Å². The molecule has 0 radical (unpaired) electrons. The third-order valence-corrected chi connectivity index (χ3v) is 2.81. The Balaban J connectivity index is 3.57. The molecule has 102 valence electrons. The number of aliphatic carboxylic acids is 1. The SMILES string of the molecule is CCCCOCCCN(CC)CC(C)C(=O)O. The molecule has 0 saturated heterocycles. The van der Waals surface area contributed by atoms with Crippen molar-refractivity contribution in [3.63, 3.8) is 0 Å². The van der Waals surface area contributed by atoms with E-state index in [4.69, 9.17) is 9.84 Å². The van der Waals surface area contributed by atoms with Crippen molar-refractivity contribution >= 4 is 5.97 Å². The molecular weight excluding hydrogens is 218 g/mol. The molecule has 0 aromatic rings. The van der Waals surface area contributed by atoms with Gasteiger partial charge in [-0.3, -0.25) is 4.79 Å². The van der Waals surface area contributed by atoms with E-state index in [1.54, 1.807) is 6.92 Å². The first kappa shape index (κ1) is 16.4. The number of hydrogen-bond acceptors (Lipinski definition) is 3. The molecule has 0 fully saturated rings. The number of rotatable bonds is 11. The van der Waals surface area contributed by atoms with Crippen molar-refractivity contribution in [2.45, 2.75) is 40.0 Å². The molecule has 0 aromatic carbocycles. The predicted octanol–water partition coefficient (Wildman–Crippen LogP) is 2.24. The van der Waals surface area contributed by atoms with Crippen molar-refractivity contribution in [2.24, 2.45) is 5.92 Å². The van der Waals surface area contributed by atoms with E-state index >= 15 is 0 Å². The van der Waals surface area contributed by atoms with E-state index in [1.807, 2.05) is 0 Å². The summed E-state index contributed by atoms with van der Waals surface area (Å²) in [4.78, 5) is 12.9. The van der Waals surface area contributed by atoms with Crippen molar-refractivity contribution in [3.05, 3.63) is 0 Å². The Hall–Kier alpha value is -0.610. The van der Waals surface area contributed by atoms with Gasteiger partial charge in [-0.1, -0.05) is 27.2 Å². The molecule has 0 bridgehead atoms. The van der Waals surface area contributed by atoms with Gasteiger partial charge >= 0.3 is 5.97 Å². The van der Waals surface area contributed by atoms with Crippen molar-refractivity contribution in [1.82, 2.24) is 4.90 Å². The highest BCUT2D eigenvalue weighted by Crippen LogP contribution is 2.01. The summed E-state index contributed by atoms with van der Waals surface area (Å²) in [5.74, 6) is -1.02. The minimum Gasteiger partial charge on any atom is -0.481 e. The lowest BCUT2D eigenvalue weighted by molar-refractivity contribution is -0.141. The van der Waals surface area contributed by atoms with Crippen LogP contribution in [0.3, 0.4) is 0 Å². The van der Waals surface area contributed by atoms with Crippen molar-refractivity contribution in [2.75, 3.05) is 32.8 Å². The fourth-order valence-corrected chi connectivity index (χ4v) is 1.58. The zero-order valence-electron chi connectivity index (χ0n) is 11.4. The zero-order valence-corrected chi connectivity index (χ0v) is 11.4. The topological polar surface area (TPSA) is 49.8 Å². The lowest BCUT2D eigenvalue weighted by Crippen LogP contribution is -2.33. The van der Waals surface area contributed by atoms with E-state index in [-0.39, 0.29) is 5.92 Å². The highest BCUT2D eigenvalue weighted by molar-refractivity contribution is 5.69. The minimum absolute atomic E-state index is 0.295. The lowest BCUT2D eigenvalue weighted by Gasteiger charge is -2.22. The highest BCUT2D eigenvalue weighted by Gasteiger charge is 2.14. The number of hydrogen-bond donors (Lipinski definition) is 1. The van der Waals surface area contributed by atoms with Crippen LogP contribution in [-0.4, -0.2) is 48.8 Å². The van der Waals surface area contributed by atoms with E-state index < -0.39 is 5.97 Å². The summed E-state index contributed by atoms with van der Waals surface area (Å²) < 4.78 is 5.48. The van der Waals surface area contributed by atoms with Crippen molar-refractivity contribution < 1.29 is 14.6 Å². The van der Waals surface area contributed by atoms with Gasteiger partial charge in [-0.05, 0) is 19.4 Å². The molecule has 0 aliphatic rings. The number of ether oxygens (including phenoxy) is 1. The number of carboxylic acids is 1. The number of nitrogens with zero attached hydrogens (tertiary/aromatic N) is 1. The van der Waals surface area contributed by atoms with Crippen LogP contribution < -0.4 is 0 Å². The Kier molecular flexibility index (Phi) is 10.2. The van der Waals surface area contributed by atoms with Crippen LogP contribution in [0.15, 0.2) is 0 Å². The van der Waals surface area contributed by atoms with Gasteiger partial charge in [-0.25, -0.2) is 0 Å². The Bertz CT molecular complexity index is 197. The van der Waals surface area contributed by atoms with Gasteiger partial charge in [0, 0.05) is 26.3 Å². The van der Waals surface area contributed by atoms with Gasteiger partial charge in [0.1, 0.15) is 0 Å². The van der Waals surface area contributed by atoms with Crippen LogP contribution in [0.25, 0.3) is 0 Å². The van der Waals surface area contributed by atoms with Crippen LogP contribution in [-0.2, 0) is 9.53 Å². The number of carboxylic acid groups (broad SMARTS) is 1. The summed E-state index contributed by atoms with van der Waals surface area (Å²) in [5, 5.41) is 8.84. The smallest absolute Gasteiger partial charge is 0.307 e. The Labute approximate surface area is 105 Å². The van der Waals surface area contributed by atoms with E-state index in [2.05, 4.69) is 18.7 Å². The number of unbranched alkanes of at least 4 members (excludes halogenated alkanes) is 1. The van der Waals surface area contributed by atoms with Gasteiger partial charge in [-0.2, -0.15) is 0 Å². The molecule has 0 aliphatic carbocycles. The molecule has 0 aliphatic heterocycles. The van der Waals surface area contributed by atoms with Gasteiger partial charge in [0.15, 0.2) is 0 Å².